The molecule has 1 saturated heterocycles. The van der Waals surface area contributed by atoms with Crippen molar-refractivity contribution >= 4 is 17.4 Å². The van der Waals surface area contributed by atoms with Gasteiger partial charge in [-0.2, -0.15) is 0 Å². The fourth-order valence-electron chi connectivity index (χ4n) is 2.53. The lowest BCUT2D eigenvalue weighted by Crippen LogP contribution is -2.50. The maximum absolute atomic E-state index is 12.5. The third-order valence-electron chi connectivity index (χ3n) is 3.99. The van der Waals surface area contributed by atoms with E-state index in [1.165, 1.54) is 0 Å². The largest absolute Gasteiger partial charge is 0.377 e. The van der Waals surface area contributed by atoms with E-state index in [0.29, 0.717) is 19.8 Å². The number of anilines is 2. The van der Waals surface area contributed by atoms with Gasteiger partial charge < -0.3 is 19.9 Å². The zero-order valence-electron chi connectivity index (χ0n) is 13.1. The molecule has 0 aromatic heterocycles. The van der Waals surface area contributed by atoms with Gasteiger partial charge in [-0.3, -0.25) is 0 Å². The van der Waals surface area contributed by atoms with Gasteiger partial charge >= 0.3 is 6.03 Å². The van der Waals surface area contributed by atoms with Gasteiger partial charge in [0.15, 0.2) is 0 Å². The second-order valence-corrected chi connectivity index (χ2v) is 5.29. The fraction of sp³-hybridized carbons (Fsp3) is 0.562. The summed E-state index contributed by atoms with van der Waals surface area (Å²) in [5.74, 6) is 0. The number of urea groups is 1. The predicted octanol–water partition coefficient (Wildman–Crippen LogP) is 2.79. The number of nitrogens with one attached hydrogen (secondary N) is 1. The Morgan fingerprint density at radius 2 is 2.19 bits per heavy atom. The number of carbonyl (C=O) groups is 1. The van der Waals surface area contributed by atoms with Crippen LogP contribution in [0.15, 0.2) is 24.3 Å². The third-order valence-corrected chi connectivity index (χ3v) is 3.99. The molecule has 2 rings (SSSR count). The Balaban J connectivity index is 2.12. The Morgan fingerprint density at radius 1 is 1.43 bits per heavy atom. The van der Waals surface area contributed by atoms with Crippen molar-refractivity contribution in [2.75, 3.05) is 43.6 Å². The minimum absolute atomic E-state index is 0.0397. The lowest BCUT2D eigenvalue weighted by Gasteiger charge is -2.35. The Kier molecular flexibility index (Phi) is 5.44. The lowest BCUT2D eigenvalue weighted by molar-refractivity contribution is 0.0144. The van der Waals surface area contributed by atoms with Crippen LogP contribution in [0.25, 0.3) is 0 Å². The van der Waals surface area contributed by atoms with E-state index >= 15 is 0 Å². The quantitative estimate of drug-likeness (QED) is 0.927. The van der Waals surface area contributed by atoms with Crippen LogP contribution in [0.4, 0.5) is 16.2 Å². The molecule has 21 heavy (non-hydrogen) atoms. The summed E-state index contributed by atoms with van der Waals surface area (Å²) in [6.45, 7) is 6.95. The predicted molar refractivity (Wildman–Crippen MR) is 86.0 cm³/mol. The van der Waals surface area contributed by atoms with Gasteiger partial charge in [0.05, 0.1) is 30.6 Å². The Bertz CT molecular complexity index is 478. The van der Waals surface area contributed by atoms with Crippen molar-refractivity contribution in [3.05, 3.63) is 24.3 Å². The van der Waals surface area contributed by atoms with E-state index in [1.54, 1.807) is 0 Å². The van der Waals surface area contributed by atoms with E-state index < -0.39 is 0 Å². The molecule has 2 amide bonds. The summed E-state index contributed by atoms with van der Waals surface area (Å²) in [6, 6.07) is 8.02. The molecule has 0 radical (unpaired) electrons. The number of benzene rings is 1. The molecule has 5 heteroatoms. The van der Waals surface area contributed by atoms with Crippen molar-refractivity contribution in [2.24, 2.45) is 0 Å². The van der Waals surface area contributed by atoms with Crippen molar-refractivity contribution in [3.8, 4) is 0 Å². The molecule has 1 fully saturated rings. The molecule has 0 spiro atoms. The van der Waals surface area contributed by atoms with Gasteiger partial charge in [0.25, 0.3) is 0 Å². The van der Waals surface area contributed by atoms with Crippen LogP contribution in [0.2, 0.25) is 0 Å². The molecule has 116 valence electrons. The van der Waals surface area contributed by atoms with Crippen molar-refractivity contribution in [1.29, 1.82) is 0 Å². The summed E-state index contributed by atoms with van der Waals surface area (Å²) in [6.07, 6.45) is 0.907. The van der Waals surface area contributed by atoms with Crippen LogP contribution in [0.3, 0.4) is 0 Å². The maximum Gasteiger partial charge on any atom is 0.322 e. The first-order valence-corrected chi connectivity index (χ1v) is 7.62. The second-order valence-electron chi connectivity index (χ2n) is 5.29. The normalized spacial score (nSPS) is 18.4. The molecular formula is C16H25N3O2. The van der Waals surface area contributed by atoms with Crippen LogP contribution in [-0.2, 0) is 4.74 Å². The summed E-state index contributed by atoms with van der Waals surface area (Å²) in [5.41, 5.74) is 1.89. The molecule has 1 atom stereocenters. The van der Waals surface area contributed by atoms with Crippen LogP contribution >= 0.6 is 0 Å². The Hall–Kier alpha value is -1.75. The van der Waals surface area contributed by atoms with Gasteiger partial charge in [-0.15, -0.1) is 0 Å². The van der Waals surface area contributed by atoms with E-state index in [1.807, 2.05) is 36.2 Å². The topological polar surface area (TPSA) is 44.8 Å². The molecule has 1 aliphatic rings. The molecule has 1 aliphatic heterocycles. The summed E-state index contributed by atoms with van der Waals surface area (Å²) in [7, 11) is 2.02. The number of para-hydroxylation sites is 2. The van der Waals surface area contributed by atoms with Gasteiger partial charge in [0.2, 0.25) is 0 Å². The SMILES string of the molecule is CC[C@@H]1COCCN1C(=O)Nc1ccccc1N(C)CC. The first kappa shape index (κ1) is 15.6. The van der Waals surface area contributed by atoms with Crippen LogP contribution in [0.5, 0.6) is 0 Å². The molecule has 0 bridgehead atoms. The number of amides is 2. The van der Waals surface area contributed by atoms with Crippen LogP contribution in [0, 0.1) is 0 Å². The number of nitrogens with zero attached hydrogens (tertiary/aromatic N) is 2. The Labute approximate surface area is 126 Å². The van der Waals surface area contributed by atoms with E-state index in [9.17, 15) is 4.79 Å². The standard InChI is InChI=1S/C16H25N3O2/c1-4-13-12-21-11-10-19(13)16(20)17-14-8-6-7-9-15(14)18(3)5-2/h6-9,13H,4-5,10-12H2,1-3H3,(H,17,20)/t13-/m1/s1. The van der Waals surface area contributed by atoms with E-state index in [-0.39, 0.29) is 12.1 Å². The van der Waals surface area contributed by atoms with Crippen LogP contribution < -0.4 is 10.2 Å². The zero-order chi connectivity index (χ0) is 15.2. The molecule has 1 aromatic carbocycles. The van der Waals surface area contributed by atoms with Crippen molar-refractivity contribution in [3.63, 3.8) is 0 Å². The molecule has 0 unspecified atom stereocenters. The van der Waals surface area contributed by atoms with Crippen molar-refractivity contribution in [2.45, 2.75) is 26.3 Å². The van der Waals surface area contributed by atoms with E-state index in [2.05, 4.69) is 24.1 Å². The Morgan fingerprint density at radius 3 is 2.90 bits per heavy atom. The second kappa shape index (κ2) is 7.31. The molecule has 1 N–H and O–H groups in total. The van der Waals surface area contributed by atoms with Crippen LogP contribution in [0.1, 0.15) is 20.3 Å². The highest BCUT2D eigenvalue weighted by Gasteiger charge is 2.26. The van der Waals surface area contributed by atoms with Crippen molar-refractivity contribution in [1.82, 2.24) is 4.90 Å². The summed E-state index contributed by atoms with van der Waals surface area (Å²) >= 11 is 0. The average Bonchev–Trinajstić information content (AvgIpc) is 2.54. The number of ether oxygens (including phenoxy) is 1. The first-order chi connectivity index (χ1) is 10.2. The monoisotopic (exact) mass is 291 g/mol. The molecule has 0 aliphatic carbocycles. The van der Waals surface area contributed by atoms with Gasteiger partial charge in [-0.25, -0.2) is 4.79 Å². The number of rotatable bonds is 4. The highest BCUT2D eigenvalue weighted by Crippen LogP contribution is 2.25. The molecular weight excluding hydrogens is 266 g/mol. The summed E-state index contributed by atoms with van der Waals surface area (Å²) in [5, 5.41) is 3.05. The molecule has 5 nitrogen and oxygen atoms in total. The average molecular weight is 291 g/mol. The molecule has 1 heterocycles. The number of carbonyl (C=O) groups excluding carboxylic acids is 1. The van der Waals surface area contributed by atoms with Crippen molar-refractivity contribution < 1.29 is 9.53 Å². The first-order valence-electron chi connectivity index (χ1n) is 7.62. The van der Waals surface area contributed by atoms with Crippen LogP contribution in [-0.4, -0.2) is 50.3 Å². The zero-order valence-corrected chi connectivity index (χ0v) is 13.1. The number of morpholine rings is 1. The minimum atomic E-state index is -0.0397. The lowest BCUT2D eigenvalue weighted by atomic mass is 10.2. The van der Waals surface area contributed by atoms with Gasteiger partial charge in [-0.1, -0.05) is 19.1 Å². The fourth-order valence-corrected chi connectivity index (χ4v) is 2.53. The number of hydrogen-bond acceptors (Lipinski definition) is 3. The van der Waals surface area contributed by atoms with Gasteiger partial charge in [0.1, 0.15) is 0 Å². The minimum Gasteiger partial charge on any atom is -0.377 e. The highest BCUT2D eigenvalue weighted by atomic mass is 16.5. The summed E-state index contributed by atoms with van der Waals surface area (Å²) in [4.78, 5) is 16.5. The smallest absolute Gasteiger partial charge is 0.322 e. The third kappa shape index (κ3) is 3.67. The van der Waals surface area contributed by atoms with Gasteiger partial charge in [-0.05, 0) is 25.5 Å². The highest BCUT2D eigenvalue weighted by molar-refractivity contribution is 5.93. The van der Waals surface area contributed by atoms with E-state index in [4.69, 9.17) is 4.74 Å². The molecule has 0 saturated carbocycles. The van der Waals surface area contributed by atoms with Gasteiger partial charge in [0, 0.05) is 20.1 Å². The number of hydrogen-bond donors (Lipinski definition) is 1. The maximum atomic E-state index is 12.5. The summed E-state index contributed by atoms with van der Waals surface area (Å²) < 4.78 is 5.45. The molecule has 1 aromatic rings. The van der Waals surface area contributed by atoms with E-state index in [0.717, 1.165) is 24.3 Å².